The van der Waals surface area contributed by atoms with E-state index in [2.05, 4.69) is 12.1 Å². The zero-order valence-electron chi connectivity index (χ0n) is 11.0. The maximum Gasteiger partial charge on any atom is 0.332 e. The van der Waals surface area contributed by atoms with Gasteiger partial charge in [-0.2, -0.15) is 0 Å². The maximum absolute atomic E-state index is 10.9. The third-order valence-corrected chi connectivity index (χ3v) is 2.87. The molecule has 1 unspecified atom stereocenters. The standard InChI is InChI=1S/C15H22O3/c1-2-3-11-14(15(16)17)18-12-7-10-13-8-5-4-6-9-13/h4-6,8-9,14H,2-3,7,10-12H2,1H3,(H,16,17). The van der Waals surface area contributed by atoms with E-state index in [-0.39, 0.29) is 0 Å². The van der Waals surface area contributed by atoms with Crippen LogP contribution >= 0.6 is 0 Å². The van der Waals surface area contributed by atoms with Gasteiger partial charge in [0.25, 0.3) is 0 Å². The predicted molar refractivity (Wildman–Crippen MR) is 71.7 cm³/mol. The first-order valence-electron chi connectivity index (χ1n) is 6.62. The van der Waals surface area contributed by atoms with Crippen molar-refractivity contribution in [1.29, 1.82) is 0 Å². The van der Waals surface area contributed by atoms with E-state index in [1.54, 1.807) is 0 Å². The van der Waals surface area contributed by atoms with Gasteiger partial charge in [0.05, 0.1) is 0 Å². The van der Waals surface area contributed by atoms with Gasteiger partial charge in [0.15, 0.2) is 6.10 Å². The summed E-state index contributed by atoms with van der Waals surface area (Å²) in [7, 11) is 0. The van der Waals surface area contributed by atoms with E-state index >= 15 is 0 Å². The molecule has 0 saturated carbocycles. The number of unbranched alkanes of at least 4 members (excludes halogenated alkanes) is 1. The Kier molecular flexibility index (Phi) is 7.11. The number of ether oxygens (including phenoxy) is 1. The number of carboxylic acids is 1. The minimum Gasteiger partial charge on any atom is -0.479 e. The van der Waals surface area contributed by atoms with Crippen LogP contribution in [0, 0.1) is 0 Å². The van der Waals surface area contributed by atoms with Crippen molar-refractivity contribution in [2.45, 2.75) is 45.1 Å². The Bertz CT molecular complexity index is 335. The summed E-state index contributed by atoms with van der Waals surface area (Å²) >= 11 is 0. The molecular weight excluding hydrogens is 228 g/mol. The molecule has 0 heterocycles. The molecule has 0 aliphatic carbocycles. The van der Waals surface area contributed by atoms with Gasteiger partial charge in [0, 0.05) is 6.61 Å². The molecule has 0 aliphatic rings. The highest BCUT2D eigenvalue weighted by atomic mass is 16.5. The van der Waals surface area contributed by atoms with E-state index in [1.807, 2.05) is 25.1 Å². The highest BCUT2D eigenvalue weighted by molar-refractivity contribution is 5.72. The van der Waals surface area contributed by atoms with Gasteiger partial charge >= 0.3 is 5.97 Å². The van der Waals surface area contributed by atoms with Crippen molar-refractivity contribution in [2.24, 2.45) is 0 Å². The molecule has 1 aromatic rings. The first kappa shape index (κ1) is 14.7. The molecule has 0 saturated heterocycles. The minimum atomic E-state index is -0.844. The minimum absolute atomic E-state index is 0.509. The highest BCUT2D eigenvalue weighted by Crippen LogP contribution is 2.07. The third kappa shape index (κ3) is 5.82. The summed E-state index contributed by atoms with van der Waals surface area (Å²) in [6.45, 7) is 2.56. The smallest absolute Gasteiger partial charge is 0.332 e. The quantitative estimate of drug-likeness (QED) is 0.684. The molecule has 0 fully saturated rings. The van der Waals surface area contributed by atoms with Crippen LogP contribution in [0.15, 0.2) is 30.3 Å². The summed E-state index contributed by atoms with van der Waals surface area (Å²) < 4.78 is 5.43. The predicted octanol–water partition coefficient (Wildman–Crippen LogP) is 3.28. The Morgan fingerprint density at radius 1 is 1.28 bits per heavy atom. The molecule has 0 amide bonds. The lowest BCUT2D eigenvalue weighted by Gasteiger charge is -2.13. The lowest BCUT2D eigenvalue weighted by Crippen LogP contribution is -2.24. The van der Waals surface area contributed by atoms with Crippen LogP contribution < -0.4 is 0 Å². The molecule has 1 aromatic carbocycles. The number of rotatable bonds is 9. The largest absolute Gasteiger partial charge is 0.479 e. The Labute approximate surface area is 109 Å². The second-order valence-electron chi connectivity index (χ2n) is 4.43. The van der Waals surface area contributed by atoms with Gasteiger partial charge in [-0.15, -0.1) is 0 Å². The van der Waals surface area contributed by atoms with Crippen LogP contribution in [0.1, 0.15) is 38.2 Å². The fraction of sp³-hybridized carbons (Fsp3) is 0.533. The Morgan fingerprint density at radius 3 is 2.61 bits per heavy atom. The van der Waals surface area contributed by atoms with Crippen molar-refractivity contribution in [2.75, 3.05) is 6.61 Å². The number of carbonyl (C=O) groups is 1. The van der Waals surface area contributed by atoms with E-state index in [0.29, 0.717) is 13.0 Å². The molecule has 1 atom stereocenters. The molecule has 0 aliphatic heterocycles. The Balaban J connectivity index is 2.20. The summed E-state index contributed by atoms with van der Waals surface area (Å²) in [6.07, 6.45) is 3.66. The highest BCUT2D eigenvalue weighted by Gasteiger charge is 2.16. The van der Waals surface area contributed by atoms with Gasteiger partial charge < -0.3 is 9.84 Å². The van der Waals surface area contributed by atoms with Crippen molar-refractivity contribution in [3.8, 4) is 0 Å². The van der Waals surface area contributed by atoms with Gasteiger partial charge in [-0.3, -0.25) is 0 Å². The summed E-state index contributed by atoms with van der Waals surface area (Å²) in [5, 5.41) is 8.99. The van der Waals surface area contributed by atoms with Crippen molar-refractivity contribution < 1.29 is 14.6 Å². The molecule has 1 N–H and O–H groups in total. The zero-order valence-corrected chi connectivity index (χ0v) is 11.0. The molecule has 3 heteroatoms. The molecule has 0 radical (unpaired) electrons. The number of hydrogen-bond donors (Lipinski definition) is 1. The molecule has 1 rings (SSSR count). The molecule has 100 valence electrons. The lowest BCUT2D eigenvalue weighted by molar-refractivity contribution is -0.150. The van der Waals surface area contributed by atoms with Crippen LogP contribution in [0.25, 0.3) is 0 Å². The first-order chi connectivity index (χ1) is 8.74. The van der Waals surface area contributed by atoms with E-state index in [0.717, 1.165) is 25.7 Å². The number of aliphatic carboxylic acids is 1. The average Bonchev–Trinajstić information content (AvgIpc) is 2.38. The summed E-state index contributed by atoms with van der Waals surface area (Å²) in [5.41, 5.74) is 1.27. The van der Waals surface area contributed by atoms with Gasteiger partial charge in [-0.05, 0) is 24.8 Å². The van der Waals surface area contributed by atoms with Gasteiger partial charge in [-0.25, -0.2) is 4.79 Å². The van der Waals surface area contributed by atoms with Crippen LogP contribution in [0.2, 0.25) is 0 Å². The molecule has 18 heavy (non-hydrogen) atoms. The Hall–Kier alpha value is -1.35. The van der Waals surface area contributed by atoms with Crippen molar-refractivity contribution in [3.63, 3.8) is 0 Å². The van der Waals surface area contributed by atoms with Crippen molar-refractivity contribution in [3.05, 3.63) is 35.9 Å². The Morgan fingerprint density at radius 2 is 2.00 bits per heavy atom. The topological polar surface area (TPSA) is 46.5 Å². The molecule has 3 nitrogen and oxygen atoms in total. The summed E-state index contributed by atoms with van der Waals surface area (Å²) in [4.78, 5) is 10.9. The maximum atomic E-state index is 10.9. The van der Waals surface area contributed by atoms with Crippen LogP contribution in [0.3, 0.4) is 0 Å². The van der Waals surface area contributed by atoms with E-state index in [1.165, 1.54) is 5.56 Å². The molecule has 0 aromatic heterocycles. The van der Waals surface area contributed by atoms with Crippen LogP contribution in [-0.2, 0) is 16.0 Å². The SMILES string of the molecule is CCCCC(OCCCc1ccccc1)C(=O)O. The van der Waals surface area contributed by atoms with E-state index < -0.39 is 12.1 Å². The number of benzene rings is 1. The van der Waals surface area contributed by atoms with E-state index in [9.17, 15) is 4.79 Å². The number of hydrogen-bond acceptors (Lipinski definition) is 2. The second kappa shape index (κ2) is 8.70. The normalized spacial score (nSPS) is 12.3. The lowest BCUT2D eigenvalue weighted by atomic mass is 10.1. The fourth-order valence-electron chi connectivity index (χ4n) is 1.81. The van der Waals surface area contributed by atoms with Crippen LogP contribution in [0.4, 0.5) is 0 Å². The number of aryl methyl sites for hydroxylation is 1. The molecular formula is C15H22O3. The van der Waals surface area contributed by atoms with Gasteiger partial charge in [-0.1, -0.05) is 50.1 Å². The zero-order chi connectivity index (χ0) is 13.2. The van der Waals surface area contributed by atoms with E-state index in [4.69, 9.17) is 9.84 Å². The second-order valence-corrected chi connectivity index (χ2v) is 4.43. The fourth-order valence-corrected chi connectivity index (χ4v) is 1.81. The van der Waals surface area contributed by atoms with Crippen LogP contribution in [-0.4, -0.2) is 23.8 Å². The van der Waals surface area contributed by atoms with Crippen LogP contribution in [0.5, 0.6) is 0 Å². The summed E-state index contributed by atoms with van der Waals surface area (Å²) in [6, 6.07) is 10.2. The van der Waals surface area contributed by atoms with Gasteiger partial charge in [0.2, 0.25) is 0 Å². The van der Waals surface area contributed by atoms with Crippen molar-refractivity contribution in [1.82, 2.24) is 0 Å². The molecule has 0 spiro atoms. The average molecular weight is 250 g/mol. The van der Waals surface area contributed by atoms with Crippen molar-refractivity contribution >= 4 is 5.97 Å². The molecule has 0 bridgehead atoms. The van der Waals surface area contributed by atoms with Gasteiger partial charge in [0.1, 0.15) is 0 Å². The third-order valence-electron chi connectivity index (χ3n) is 2.87. The first-order valence-corrected chi connectivity index (χ1v) is 6.62. The summed E-state index contributed by atoms with van der Waals surface area (Å²) in [5.74, 6) is -0.844. The monoisotopic (exact) mass is 250 g/mol. The number of carboxylic acid groups (broad SMARTS) is 1.